The molecule has 1 nitrogen and oxygen atoms in total. The molecule has 0 N–H and O–H groups in total. The number of carbonyl (C=O) groups excluding carboxylic acids is 1. The Morgan fingerprint density at radius 3 is 2.53 bits per heavy atom. The summed E-state index contributed by atoms with van der Waals surface area (Å²) in [7, 11) is 0. The lowest BCUT2D eigenvalue weighted by Gasteiger charge is -2.03. The van der Waals surface area contributed by atoms with Crippen LogP contribution in [0.1, 0.15) is 27.7 Å². The van der Waals surface area contributed by atoms with E-state index in [1.807, 2.05) is 26.0 Å². The SMILES string of the molecule is CC(=O)c1cc(C)c(-c2cc(C)ccc2F)s1. The van der Waals surface area contributed by atoms with Gasteiger partial charge in [-0.1, -0.05) is 11.6 Å². The number of carbonyl (C=O) groups is 1. The fraction of sp³-hybridized carbons (Fsp3) is 0.214. The highest BCUT2D eigenvalue weighted by atomic mass is 32.1. The molecule has 0 aliphatic heterocycles. The average molecular weight is 248 g/mol. The molecule has 0 fully saturated rings. The minimum absolute atomic E-state index is 0.0254. The Balaban J connectivity index is 2.60. The Bertz CT molecular complexity index is 584. The number of aryl methyl sites for hydroxylation is 2. The molecule has 0 aliphatic carbocycles. The third kappa shape index (κ3) is 2.29. The van der Waals surface area contributed by atoms with E-state index in [0.717, 1.165) is 16.0 Å². The van der Waals surface area contributed by atoms with Gasteiger partial charge in [0.05, 0.1) is 4.88 Å². The van der Waals surface area contributed by atoms with E-state index >= 15 is 0 Å². The molecule has 1 aromatic heterocycles. The number of hydrogen-bond acceptors (Lipinski definition) is 2. The Labute approximate surface area is 104 Å². The molecule has 2 aromatic rings. The summed E-state index contributed by atoms with van der Waals surface area (Å²) in [5, 5.41) is 0. The summed E-state index contributed by atoms with van der Waals surface area (Å²) in [6.45, 7) is 5.36. The fourth-order valence-corrected chi connectivity index (χ4v) is 2.82. The summed E-state index contributed by atoms with van der Waals surface area (Å²) < 4.78 is 13.8. The van der Waals surface area contributed by atoms with Crippen LogP contribution in [0.25, 0.3) is 10.4 Å². The van der Waals surface area contributed by atoms with Crippen molar-refractivity contribution in [2.45, 2.75) is 20.8 Å². The topological polar surface area (TPSA) is 17.1 Å². The lowest BCUT2D eigenvalue weighted by Crippen LogP contribution is -1.84. The third-order valence-electron chi connectivity index (χ3n) is 2.63. The van der Waals surface area contributed by atoms with Crippen LogP contribution in [0.3, 0.4) is 0 Å². The lowest BCUT2D eigenvalue weighted by molar-refractivity contribution is 0.102. The number of ketones is 1. The first-order valence-corrected chi connectivity index (χ1v) is 6.18. The summed E-state index contributed by atoms with van der Waals surface area (Å²) in [5.74, 6) is -0.215. The van der Waals surface area contributed by atoms with Gasteiger partial charge >= 0.3 is 0 Å². The van der Waals surface area contributed by atoms with Crippen LogP contribution in [0.15, 0.2) is 24.3 Å². The predicted octanol–water partition coefficient (Wildman–Crippen LogP) is 4.37. The second kappa shape index (κ2) is 4.41. The molecule has 0 saturated carbocycles. The zero-order chi connectivity index (χ0) is 12.6. The minimum atomic E-state index is -0.240. The van der Waals surface area contributed by atoms with E-state index in [1.165, 1.54) is 24.3 Å². The normalized spacial score (nSPS) is 10.6. The smallest absolute Gasteiger partial charge is 0.169 e. The molecule has 0 atom stereocenters. The van der Waals surface area contributed by atoms with E-state index in [-0.39, 0.29) is 11.6 Å². The van der Waals surface area contributed by atoms with Gasteiger partial charge in [-0.25, -0.2) is 4.39 Å². The van der Waals surface area contributed by atoms with Crippen LogP contribution in [0, 0.1) is 19.7 Å². The van der Waals surface area contributed by atoms with E-state index in [9.17, 15) is 9.18 Å². The van der Waals surface area contributed by atoms with Crippen molar-refractivity contribution in [3.8, 4) is 10.4 Å². The van der Waals surface area contributed by atoms with Crippen LogP contribution in [0.4, 0.5) is 4.39 Å². The summed E-state index contributed by atoms with van der Waals surface area (Å²) in [5.41, 5.74) is 2.54. The van der Waals surface area contributed by atoms with Crippen molar-refractivity contribution in [2.24, 2.45) is 0 Å². The first-order valence-electron chi connectivity index (χ1n) is 5.37. The van der Waals surface area contributed by atoms with Gasteiger partial charge in [0.25, 0.3) is 0 Å². The van der Waals surface area contributed by atoms with E-state index < -0.39 is 0 Å². The molecule has 0 unspecified atom stereocenters. The summed E-state index contributed by atoms with van der Waals surface area (Å²) in [6.07, 6.45) is 0. The molecule has 3 heteroatoms. The zero-order valence-corrected chi connectivity index (χ0v) is 10.8. The second-order valence-electron chi connectivity index (χ2n) is 4.16. The molecule has 2 rings (SSSR count). The largest absolute Gasteiger partial charge is 0.294 e. The van der Waals surface area contributed by atoms with Crippen molar-refractivity contribution in [1.82, 2.24) is 0 Å². The van der Waals surface area contributed by atoms with Gasteiger partial charge in [0, 0.05) is 10.4 Å². The first kappa shape index (κ1) is 12.0. The second-order valence-corrected chi connectivity index (χ2v) is 5.21. The van der Waals surface area contributed by atoms with E-state index in [2.05, 4.69) is 0 Å². The molecule has 1 heterocycles. The monoisotopic (exact) mass is 248 g/mol. The van der Waals surface area contributed by atoms with Gasteiger partial charge in [0.2, 0.25) is 0 Å². The van der Waals surface area contributed by atoms with E-state index in [0.29, 0.717) is 10.4 Å². The van der Waals surface area contributed by atoms with Gasteiger partial charge in [0.15, 0.2) is 5.78 Å². The van der Waals surface area contributed by atoms with Crippen molar-refractivity contribution >= 4 is 17.1 Å². The maximum atomic E-state index is 13.8. The summed E-state index contributed by atoms with van der Waals surface area (Å²) in [4.78, 5) is 12.8. The molecule has 0 bridgehead atoms. The Morgan fingerprint density at radius 1 is 1.24 bits per heavy atom. The third-order valence-corrected chi connectivity index (χ3v) is 4.00. The zero-order valence-electron chi connectivity index (χ0n) is 10.0. The van der Waals surface area contributed by atoms with Gasteiger partial charge in [-0.2, -0.15) is 0 Å². The molecule has 0 aliphatic rings. The van der Waals surface area contributed by atoms with Crippen LogP contribution in [0.2, 0.25) is 0 Å². The lowest BCUT2D eigenvalue weighted by atomic mass is 10.1. The highest BCUT2D eigenvalue weighted by Gasteiger charge is 2.13. The molecule has 0 radical (unpaired) electrons. The molecule has 0 amide bonds. The maximum absolute atomic E-state index is 13.8. The predicted molar refractivity (Wildman–Crippen MR) is 69.2 cm³/mol. The number of rotatable bonds is 2. The highest BCUT2D eigenvalue weighted by Crippen LogP contribution is 2.34. The van der Waals surface area contributed by atoms with Gasteiger partial charge in [-0.05, 0) is 44.5 Å². The van der Waals surface area contributed by atoms with E-state index in [4.69, 9.17) is 0 Å². The molecule has 1 aromatic carbocycles. The van der Waals surface area contributed by atoms with E-state index in [1.54, 1.807) is 6.07 Å². The number of thiophene rings is 1. The van der Waals surface area contributed by atoms with Gasteiger partial charge in [-0.3, -0.25) is 4.79 Å². The van der Waals surface area contributed by atoms with Crippen LogP contribution in [0.5, 0.6) is 0 Å². The standard InChI is InChI=1S/C14H13FOS/c1-8-4-5-12(15)11(6-8)14-9(2)7-13(17-14)10(3)16/h4-7H,1-3H3. The van der Waals surface area contributed by atoms with Crippen LogP contribution in [-0.2, 0) is 0 Å². The summed E-state index contributed by atoms with van der Waals surface area (Å²) >= 11 is 1.35. The molecular formula is C14H13FOS. The van der Waals surface area contributed by atoms with Crippen molar-refractivity contribution in [2.75, 3.05) is 0 Å². The molecule has 88 valence electrons. The molecular weight excluding hydrogens is 235 g/mol. The highest BCUT2D eigenvalue weighted by molar-refractivity contribution is 7.17. The number of hydrogen-bond donors (Lipinski definition) is 0. The van der Waals surface area contributed by atoms with Gasteiger partial charge in [-0.15, -0.1) is 11.3 Å². The van der Waals surface area contributed by atoms with Gasteiger partial charge < -0.3 is 0 Å². The van der Waals surface area contributed by atoms with Gasteiger partial charge in [0.1, 0.15) is 5.82 Å². The minimum Gasteiger partial charge on any atom is -0.294 e. The van der Waals surface area contributed by atoms with Crippen molar-refractivity contribution in [3.05, 3.63) is 46.1 Å². The van der Waals surface area contributed by atoms with Crippen molar-refractivity contribution in [1.29, 1.82) is 0 Å². The Hall–Kier alpha value is -1.48. The average Bonchev–Trinajstić information content (AvgIpc) is 2.64. The van der Waals surface area contributed by atoms with Crippen LogP contribution >= 0.6 is 11.3 Å². The molecule has 0 saturated heterocycles. The number of benzene rings is 1. The van der Waals surface area contributed by atoms with Crippen LogP contribution in [-0.4, -0.2) is 5.78 Å². The first-order chi connectivity index (χ1) is 7.99. The van der Waals surface area contributed by atoms with Crippen molar-refractivity contribution < 1.29 is 9.18 Å². The number of halogens is 1. The summed E-state index contributed by atoms with van der Waals surface area (Å²) in [6, 6.07) is 6.85. The number of Topliss-reactive ketones (excluding diaryl/α,β-unsaturated/α-hetero) is 1. The Morgan fingerprint density at radius 2 is 1.94 bits per heavy atom. The fourth-order valence-electron chi connectivity index (χ4n) is 1.74. The Kier molecular flexibility index (Phi) is 3.11. The molecule has 17 heavy (non-hydrogen) atoms. The van der Waals surface area contributed by atoms with Crippen molar-refractivity contribution in [3.63, 3.8) is 0 Å². The quantitative estimate of drug-likeness (QED) is 0.721. The molecule has 0 spiro atoms. The maximum Gasteiger partial charge on any atom is 0.169 e. The van der Waals surface area contributed by atoms with Crippen LogP contribution < -0.4 is 0 Å².